The molecule has 2 rings (SSSR count). The Morgan fingerprint density at radius 1 is 1.33 bits per heavy atom. The first-order valence-electron chi connectivity index (χ1n) is 6.85. The zero-order valence-corrected chi connectivity index (χ0v) is 11.5. The second kappa shape index (κ2) is 5.55. The maximum atomic E-state index is 12.2. The minimum Gasteiger partial charge on any atom is -0.493 e. The largest absolute Gasteiger partial charge is 0.493 e. The summed E-state index contributed by atoms with van der Waals surface area (Å²) in [6.45, 7) is 7.31. The minimum absolute atomic E-state index is 0.262. The fourth-order valence-corrected chi connectivity index (χ4v) is 2.68. The van der Waals surface area contributed by atoms with Crippen LogP contribution in [0.25, 0.3) is 0 Å². The third-order valence-corrected chi connectivity index (χ3v) is 3.42. The second-order valence-corrected chi connectivity index (χ2v) is 5.78. The fourth-order valence-electron chi connectivity index (χ4n) is 2.68. The van der Waals surface area contributed by atoms with Gasteiger partial charge >= 0.3 is 0 Å². The van der Waals surface area contributed by atoms with E-state index in [0.29, 0.717) is 18.3 Å². The van der Waals surface area contributed by atoms with Crippen LogP contribution in [0.15, 0.2) is 18.2 Å². The molecule has 1 aromatic carbocycles. The van der Waals surface area contributed by atoms with Gasteiger partial charge in [0.15, 0.2) is 5.78 Å². The molecule has 0 amide bonds. The minimum atomic E-state index is 0.262. The number of benzene rings is 1. The van der Waals surface area contributed by atoms with Crippen molar-refractivity contribution in [3.05, 3.63) is 29.3 Å². The van der Waals surface area contributed by atoms with E-state index in [1.54, 1.807) is 0 Å². The molecule has 2 heteroatoms. The van der Waals surface area contributed by atoms with E-state index < -0.39 is 0 Å². The molecular formula is C16H22O2. The van der Waals surface area contributed by atoms with Crippen molar-refractivity contribution in [2.45, 2.75) is 40.0 Å². The highest BCUT2D eigenvalue weighted by atomic mass is 16.5. The van der Waals surface area contributed by atoms with Gasteiger partial charge in [0.1, 0.15) is 5.75 Å². The van der Waals surface area contributed by atoms with Crippen molar-refractivity contribution < 1.29 is 9.53 Å². The molecule has 0 fully saturated rings. The molecule has 2 nitrogen and oxygen atoms in total. The lowest BCUT2D eigenvalue weighted by Crippen LogP contribution is -2.08. The van der Waals surface area contributed by atoms with Gasteiger partial charge in [0, 0.05) is 18.4 Å². The Kier molecular flexibility index (Phi) is 4.05. The lowest BCUT2D eigenvalue weighted by molar-refractivity contribution is 0.0960. The van der Waals surface area contributed by atoms with E-state index in [2.05, 4.69) is 20.8 Å². The van der Waals surface area contributed by atoms with E-state index >= 15 is 0 Å². The van der Waals surface area contributed by atoms with Crippen LogP contribution in [-0.2, 0) is 6.42 Å². The maximum Gasteiger partial charge on any atom is 0.163 e. The van der Waals surface area contributed by atoms with Gasteiger partial charge in [0.25, 0.3) is 0 Å². The highest BCUT2D eigenvalue weighted by molar-refractivity contribution is 5.96. The molecule has 0 radical (unpaired) electrons. The molecule has 1 atom stereocenters. The maximum absolute atomic E-state index is 12.2. The topological polar surface area (TPSA) is 26.3 Å². The summed E-state index contributed by atoms with van der Waals surface area (Å²) < 4.78 is 5.46. The van der Waals surface area contributed by atoms with Gasteiger partial charge in [-0.1, -0.05) is 20.8 Å². The Labute approximate surface area is 109 Å². The number of rotatable bonds is 5. The first kappa shape index (κ1) is 13.1. The molecule has 0 aliphatic carbocycles. The van der Waals surface area contributed by atoms with Crippen molar-refractivity contribution in [2.75, 3.05) is 6.61 Å². The predicted molar refractivity (Wildman–Crippen MR) is 73.2 cm³/mol. The zero-order valence-electron chi connectivity index (χ0n) is 11.5. The molecule has 1 aromatic rings. The van der Waals surface area contributed by atoms with Crippen molar-refractivity contribution in [3.8, 4) is 5.75 Å². The standard InChI is InChI=1S/C16H22O2/c1-11(2)8-12(3)9-15(17)13-4-5-16-14(10-13)6-7-18-16/h4-5,10-12H,6-9H2,1-3H3. The average Bonchev–Trinajstić information content (AvgIpc) is 2.74. The molecule has 0 aromatic heterocycles. The van der Waals surface area contributed by atoms with Crippen molar-refractivity contribution in [1.29, 1.82) is 0 Å². The summed E-state index contributed by atoms with van der Waals surface area (Å²) in [5.74, 6) is 2.32. The Morgan fingerprint density at radius 2 is 2.11 bits per heavy atom. The summed E-state index contributed by atoms with van der Waals surface area (Å²) in [5, 5.41) is 0. The molecular weight excluding hydrogens is 224 g/mol. The van der Waals surface area contributed by atoms with Gasteiger partial charge in [-0.25, -0.2) is 0 Å². The van der Waals surface area contributed by atoms with E-state index in [1.165, 1.54) is 5.56 Å². The van der Waals surface area contributed by atoms with Gasteiger partial charge in [0.2, 0.25) is 0 Å². The molecule has 1 unspecified atom stereocenters. The summed E-state index contributed by atoms with van der Waals surface area (Å²) in [6.07, 6.45) is 2.69. The summed E-state index contributed by atoms with van der Waals surface area (Å²) in [4.78, 5) is 12.2. The first-order chi connectivity index (χ1) is 8.56. The lowest BCUT2D eigenvalue weighted by atomic mass is 9.92. The van der Waals surface area contributed by atoms with Crippen LogP contribution in [0, 0.1) is 11.8 Å². The van der Waals surface area contributed by atoms with Crippen LogP contribution >= 0.6 is 0 Å². The highest BCUT2D eigenvalue weighted by Gasteiger charge is 2.17. The van der Waals surface area contributed by atoms with E-state index in [1.807, 2.05) is 18.2 Å². The Balaban J connectivity index is 2.01. The van der Waals surface area contributed by atoms with Gasteiger partial charge in [0.05, 0.1) is 6.61 Å². The molecule has 0 bridgehead atoms. The quantitative estimate of drug-likeness (QED) is 0.737. The number of hydrogen-bond donors (Lipinski definition) is 0. The van der Waals surface area contributed by atoms with Crippen LogP contribution in [0.4, 0.5) is 0 Å². The van der Waals surface area contributed by atoms with E-state index in [-0.39, 0.29) is 5.78 Å². The number of hydrogen-bond acceptors (Lipinski definition) is 2. The van der Waals surface area contributed by atoms with Crippen LogP contribution in [-0.4, -0.2) is 12.4 Å². The van der Waals surface area contributed by atoms with E-state index in [4.69, 9.17) is 4.74 Å². The molecule has 0 saturated carbocycles. The van der Waals surface area contributed by atoms with Gasteiger partial charge in [-0.15, -0.1) is 0 Å². The fraction of sp³-hybridized carbons (Fsp3) is 0.562. The predicted octanol–water partition coefficient (Wildman–Crippen LogP) is 3.88. The van der Waals surface area contributed by atoms with Crippen molar-refractivity contribution in [3.63, 3.8) is 0 Å². The Hall–Kier alpha value is -1.31. The second-order valence-electron chi connectivity index (χ2n) is 5.78. The zero-order chi connectivity index (χ0) is 13.1. The molecule has 98 valence electrons. The number of ether oxygens (including phenoxy) is 1. The third-order valence-electron chi connectivity index (χ3n) is 3.42. The highest BCUT2D eigenvalue weighted by Crippen LogP contribution is 2.27. The van der Waals surface area contributed by atoms with Crippen LogP contribution in [0.2, 0.25) is 0 Å². The molecule has 1 aliphatic rings. The van der Waals surface area contributed by atoms with Crippen LogP contribution < -0.4 is 4.74 Å². The SMILES string of the molecule is CC(C)CC(C)CC(=O)c1ccc2c(c1)CCO2. The average molecular weight is 246 g/mol. The van der Waals surface area contributed by atoms with Gasteiger partial charge < -0.3 is 4.74 Å². The van der Waals surface area contributed by atoms with Crippen molar-refractivity contribution in [1.82, 2.24) is 0 Å². The summed E-state index contributed by atoms with van der Waals surface area (Å²) in [7, 11) is 0. The lowest BCUT2D eigenvalue weighted by Gasteiger charge is -2.13. The summed E-state index contributed by atoms with van der Waals surface area (Å²) in [6, 6.07) is 5.84. The van der Waals surface area contributed by atoms with Crippen molar-refractivity contribution >= 4 is 5.78 Å². The molecule has 18 heavy (non-hydrogen) atoms. The molecule has 1 aliphatic heterocycles. The summed E-state index contributed by atoms with van der Waals surface area (Å²) in [5.41, 5.74) is 2.02. The van der Waals surface area contributed by atoms with Gasteiger partial charge in [-0.3, -0.25) is 4.79 Å². The van der Waals surface area contributed by atoms with Gasteiger partial charge in [-0.05, 0) is 42.0 Å². The Morgan fingerprint density at radius 3 is 2.83 bits per heavy atom. The van der Waals surface area contributed by atoms with Crippen LogP contribution in [0.1, 0.15) is 49.5 Å². The normalized spacial score (nSPS) is 15.3. The number of carbonyl (C=O) groups is 1. The number of ketones is 1. The summed E-state index contributed by atoms with van der Waals surface area (Å²) >= 11 is 0. The first-order valence-corrected chi connectivity index (χ1v) is 6.85. The number of carbonyl (C=O) groups excluding carboxylic acids is 1. The molecule has 0 saturated heterocycles. The van der Waals surface area contributed by atoms with Gasteiger partial charge in [-0.2, -0.15) is 0 Å². The molecule has 0 N–H and O–H groups in total. The molecule has 1 heterocycles. The van der Waals surface area contributed by atoms with E-state index in [9.17, 15) is 4.79 Å². The monoisotopic (exact) mass is 246 g/mol. The van der Waals surface area contributed by atoms with E-state index in [0.717, 1.165) is 30.8 Å². The smallest absolute Gasteiger partial charge is 0.163 e. The van der Waals surface area contributed by atoms with Crippen LogP contribution in [0.5, 0.6) is 5.75 Å². The number of fused-ring (bicyclic) bond motifs is 1. The molecule has 0 spiro atoms. The van der Waals surface area contributed by atoms with Crippen molar-refractivity contribution in [2.24, 2.45) is 11.8 Å². The Bertz CT molecular complexity index is 435. The number of Topliss-reactive ketones (excluding diaryl/α,β-unsaturated/α-hetero) is 1. The third kappa shape index (κ3) is 3.12. The van der Waals surface area contributed by atoms with Crippen LogP contribution in [0.3, 0.4) is 0 Å².